The zero-order valence-corrected chi connectivity index (χ0v) is 10.9. The van der Waals surface area contributed by atoms with E-state index >= 15 is 0 Å². The van der Waals surface area contributed by atoms with Crippen molar-refractivity contribution in [3.8, 4) is 0 Å². The van der Waals surface area contributed by atoms with Crippen LogP contribution in [0.1, 0.15) is 11.3 Å². The van der Waals surface area contributed by atoms with Crippen LogP contribution in [-0.4, -0.2) is 21.0 Å². The van der Waals surface area contributed by atoms with E-state index in [-0.39, 0.29) is 5.69 Å². The first kappa shape index (κ1) is 13.5. The fourth-order valence-corrected chi connectivity index (χ4v) is 1.98. The minimum Gasteiger partial charge on any atom is -0.333 e. The maximum atomic E-state index is 10.6. The van der Waals surface area contributed by atoms with Crippen LogP contribution in [0, 0.1) is 10.1 Å². The molecule has 0 aliphatic heterocycles. The first-order valence-electron chi connectivity index (χ1n) is 5.73. The van der Waals surface area contributed by atoms with E-state index in [4.69, 9.17) is 17.3 Å². The minimum atomic E-state index is -0.466. The average molecular weight is 281 g/mol. The lowest BCUT2D eigenvalue weighted by Crippen LogP contribution is -2.03. The first-order valence-corrected chi connectivity index (χ1v) is 6.11. The molecule has 100 valence electrons. The highest BCUT2D eigenvalue weighted by Gasteiger charge is 2.10. The quantitative estimate of drug-likeness (QED) is 0.670. The number of rotatable bonds is 5. The molecule has 0 atom stereocenters. The van der Waals surface area contributed by atoms with Gasteiger partial charge in [0, 0.05) is 31.3 Å². The van der Waals surface area contributed by atoms with Crippen molar-refractivity contribution in [1.29, 1.82) is 0 Å². The van der Waals surface area contributed by atoms with E-state index in [9.17, 15) is 10.1 Å². The molecule has 0 bridgehead atoms. The highest BCUT2D eigenvalue weighted by Crippen LogP contribution is 2.23. The molecule has 1 aromatic heterocycles. The van der Waals surface area contributed by atoms with E-state index in [2.05, 4.69) is 4.98 Å². The van der Waals surface area contributed by atoms with Crippen LogP contribution < -0.4 is 5.73 Å². The zero-order chi connectivity index (χ0) is 13.8. The fraction of sp³-hybridized carbons (Fsp3) is 0.250. The molecule has 0 saturated heterocycles. The van der Waals surface area contributed by atoms with Gasteiger partial charge in [-0.15, -0.1) is 0 Å². The Morgan fingerprint density at radius 2 is 2.26 bits per heavy atom. The van der Waals surface area contributed by atoms with Gasteiger partial charge in [-0.05, 0) is 18.2 Å². The molecular weight excluding hydrogens is 268 g/mol. The van der Waals surface area contributed by atoms with Gasteiger partial charge in [-0.25, -0.2) is 4.98 Å². The number of nitro benzene ring substituents is 1. The normalized spacial score (nSPS) is 10.6. The van der Waals surface area contributed by atoms with E-state index < -0.39 is 4.92 Å². The molecule has 1 aromatic carbocycles. The van der Waals surface area contributed by atoms with Gasteiger partial charge < -0.3 is 10.3 Å². The molecule has 2 rings (SSSR count). The van der Waals surface area contributed by atoms with Gasteiger partial charge in [0.2, 0.25) is 0 Å². The predicted octanol–water partition coefficient (Wildman–Crippen LogP) is 1.99. The van der Waals surface area contributed by atoms with Gasteiger partial charge in [-0.3, -0.25) is 10.1 Å². The number of aromatic nitrogens is 2. The van der Waals surface area contributed by atoms with Gasteiger partial charge in [-0.2, -0.15) is 0 Å². The van der Waals surface area contributed by atoms with Crippen molar-refractivity contribution in [3.63, 3.8) is 0 Å². The van der Waals surface area contributed by atoms with Crippen molar-refractivity contribution in [2.75, 3.05) is 6.54 Å². The number of non-ortho nitro benzene ring substituents is 1. The maximum absolute atomic E-state index is 10.6. The van der Waals surface area contributed by atoms with Crippen LogP contribution in [0.4, 0.5) is 5.69 Å². The smallest absolute Gasteiger partial charge is 0.270 e. The van der Waals surface area contributed by atoms with Crippen molar-refractivity contribution < 1.29 is 4.92 Å². The molecule has 0 unspecified atom stereocenters. The monoisotopic (exact) mass is 280 g/mol. The molecule has 6 nitrogen and oxygen atoms in total. The minimum absolute atomic E-state index is 0.0109. The lowest BCUT2D eigenvalue weighted by molar-refractivity contribution is -0.384. The topological polar surface area (TPSA) is 87.0 Å². The molecular formula is C12H13ClN4O2. The highest BCUT2D eigenvalue weighted by atomic mass is 35.5. The number of hydrogen-bond donors (Lipinski definition) is 1. The van der Waals surface area contributed by atoms with Crippen LogP contribution >= 0.6 is 11.6 Å². The lowest BCUT2D eigenvalue weighted by Gasteiger charge is -2.04. The van der Waals surface area contributed by atoms with Crippen LogP contribution in [0.2, 0.25) is 5.02 Å². The third-order valence-corrected chi connectivity index (χ3v) is 3.04. The molecule has 2 N–H and O–H groups in total. The van der Waals surface area contributed by atoms with E-state index in [0.717, 1.165) is 17.7 Å². The summed E-state index contributed by atoms with van der Waals surface area (Å²) in [6.07, 6.45) is 4.31. The number of halogens is 1. The molecule has 0 aliphatic rings. The third kappa shape index (κ3) is 3.30. The summed E-state index contributed by atoms with van der Waals surface area (Å²) in [7, 11) is 0. The van der Waals surface area contributed by atoms with Crippen LogP contribution in [0.25, 0.3) is 0 Å². The second-order valence-corrected chi connectivity index (χ2v) is 4.52. The van der Waals surface area contributed by atoms with Crippen LogP contribution in [-0.2, 0) is 13.0 Å². The Morgan fingerprint density at radius 1 is 1.47 bits per heavy atom. The molecule has 7 heteroatoms. The van der Waals surface area contributed by atoms with Crippen LogP contribution in [0.5, 0.6) is 0 Å². The molecule has 0 saturated carbocycles. The van der Waals surface area contributed by atoms with Gasteiger partial charge in [-0.1, -0.05) is 11.6 Å². The summed E-state index contributed by atoms with van der Waals surface area (Å²) in [4.78, 5) is 14.4. The SMILES string of the molecule is NCCc1cn(Cc2ccc([N+](=O)[O-])cc2Cl)cn1. The Balaban J connectivity index is 2.16. The fourth-order valence-electron chi connectivity index (χ4n) is 1.74. The molecule has 0 amide bonds. The molecule has 0 aliphatic carbocycles. The molecule has 1 heterocycles. The maximum Gasteiger partial charge on any atom is 0.270 e. The zero-order valence-electron chi connectivity index (χ0n) is 10.1. The number of nitrogens with zero attached hydrogens (tertiary/aromatic N) is 3. The molecule has 2 aromatic rings. The third-order valence-electron chi connectivity index (χ3n) is 2.69. The van der Waals surface area contributed by atoms with Crippen LogP contribution in [0.15, 0.2) is 30.7 Å². The second kappa shape index (κ2) is 5.81. The standard InChI is InChI=1S/C12H13ClN4O2/c13-12-5-11(17(18)19)2-1-9(12)6-16-7-10(3-4-14)15-8-16/h1-2,5,7-8H,3-4,6,14H2. The van der Waals surface area contributed by atoms with Crippen LogP contribution in [0.3, 0.4) is 0 Å². The average Bonchev–Trinajstić information content (AvgIpc) is 2.79. The second-order valence-electron chi connectivity index (χ2n) is 4.11. The molecule has 0 fully saturated rings. The summed E-state index contributed by atoms with van der Waals surface area (Å²) < 4.78 is 1.87. The van der Waals surface area contributed by atoms with Gasteiger partial charge in [0.25, 0.3) is 5.69 Å². The van der Waals surface area contributed by atoms with Gasteiger partial charge >= 0.3 is 0 Å². The summed E-state index contributed by atoms with van der Waals surface area (Å²) >= 11 is 6.03. The molecule has 0 radical (unpaired) electrons. The number of hydrogen-bond acceptors (Lipinski definition) is 4. The van der Waals surface area contributed by atoms with E-state index in [0.29, 0.717) is 18.1 Å². The Morgan fingerprint density at radius 3 is 2.89 bits per heavy atom. The molecule has 0 spiro atoms. The number of nitrogens with two attached hydrogens (primary N) is 1. The summed E-state index contributed by atoms with van der Waals surface area (Å²) in [5.41, 5.74) is 7.17. The Labute approximate surface area is 115 Å². The first-order chi connectivity index (χ1) is 9.10. The summed E-state index contributed by atoms with van der Waals surface area (Å²) in [6, 6.07) is 4.45. The number of imidazole rings is 1. The van der Waals surface area contributed by atoms with Gasteiger partial charge in [0.05, 0.1) is 22.0 Å². The summed E-state index contributed by atoms with van der Waals surface area (Å²) in [5, 5.41) is 11.0. The molecule has 19 heavy (non-hydrogen) atoms. The van der Waals surface area contributed by atoms with E-state index in [1.807, 2.05) is 10.8 Å². The number of benzene rings is 1. The van der Waals surface area contributed by atoms with Crippen molar-refractivity contribution in [2.24, 2.45) is 5.73 Å². The Kier molecular flexibility index (Phi) is 4.13. The Hall–Kier alpha value is -1.92. The predicted molar refractivity (Wildman–Crippen MR) is 72.2 cm³/mol. The summed E-state index contributed by atoms with van der Waals surface area (Å²) in [5.74, 6) is 0. The highest BCUT2D eigenvalue weighted by molar-refractivity contribution is 6.31. The largest absolute Gasteiger partial charge is 0.333 e. The Bertz CT molecular complexity index is 597. The van der Waals surface area contributed by atoms with E-state index in [1.54, 1.807) is 12.4 Å². The van der Waals surface area contributed by atoms with Gasteiger partial charge in [0.15, 0.2) is 0 Å². The van der Waals surface area contributed by atoms with Crippen molar-refractivity contribution in [2.45, 2.75) is 13.0 Å². The van der Waals surface area contributed by atoms with Crippen molar-refractivity contribution in [3.05, 3.63) is 57.1 Å². The van der Waals surface area contributed by atoms with Gasteiger partial charge in [0.1, 0.15) is 0 Å². The summed E-state index contributed by atoms with van der Waals surface area (Å²) in [6.45, 7) is 1.07. The number of nitro groups is 1. The lowest BCUT2D eigenvalue weighted by atomic mass is 10.2. The van der Waals surface area contributed by atoms with Crippen molar-refractivity contribution in [1.82, 2.24) is 9.55 Å². The van der Waals surface area contributed by atoms with E-state index in [1.165, 1.54) is 12.1 Å². The van der Waals surface area contributed by atoms with Crippen molar-refractivity contribution >= 4 is 17.3 Å².